The van der Waals surface area contributed by atoms with Crippen LogP contribution in [-0.4, -0.2) is 11.2 Å². The third-order valence-corrected chi connectivity index (χ3v) is 2.10. The van der Waals surface area contributed by atoms with E-state index in [2.05, 4.69) is 19.1 Å². The van der Waals surface area contributed by atoms with Gasteiger partial charge < -0.3 is 5.11 Å². The number of benzene rings is 1. The average molecular weight is 176 g/mol. The predicted octanol–water partition coefficient (Wildman–Crippen LogP) is 2.78. The lowest BCUT2D eigenvalue weighted by Gasteiger charge is -2.04. The van der Waals surface area contributed by atoms with Gasteiger partial charge in [-0.15, -0.1) is 0 Å². The summed E-state index contributed by atoms with van der Waals surface area (Å²) in [4.78, 5) is 0. The molecule has 1 nitrogen and oxygen atoms in total. The molecule has 1 rings (SSSR count). The maximum atomic E-state index is 9.28. The molecule has 0 aliphatic heterocycles. The summed E-state index contributed by atoms with van der Waals surface area (Å²) >= 11 is 0. The van der Waals surface area contributed by atoms with Gasteiger partial charge in [0.15, 0.2) is 0 Å². The van der Waals surface area contributed by atoms with Gasteiger partial charge in [0.25, 0.3) is 0 Å². The summed E-state index contributed by atoms with van der Waals surface area (Å²) in [5, 5.41) is 9.28. The van der Waals surface area contributed by atoms with Gasteiger partial charge in [0, 0.05) is 0 Å². The Balaban J connectivity index is 2.91. The van der Waals surface area contributed by atoms with Gasteiger partial charge in [0.2, 0.25) is 0 Å². The molecule has 0 spiro atoms. The maximum absolute atomic E-state index is 9.28. The SMILES string of the molecule is C/C(=C\c1cccc(C)c1)[C@H](C)O. The number of hydrogen-bond acceptors (Lipinski definition) is 1. The van der Waals surface area contributed by atoms with E-state index in [1.54, 1.807) is 6.92 Å². The fourth-order valence-corrected chi connectivity index (χ4v) is 1.14. The van der Waals surface area contributed by atoms with Crippen LogP contribution in [-0.2, 0) is 0 Å². The second-order valence-corrected chi connectivity index (χ2v) is 3.48. The lowest BCUT2D eigenvalue weighted by molar-refractivity contribution is 0.232. The second-order valence-electron chi connectivity index (χ2n) is 3.48. The fourth-order valence-electron chi connectivity index (χ4n) is 1.14. The van der Waals surface area contributed by atoms with Gasteiger partial charge in [-0.3, -0.25) is 0 Å². The van der Waals surface area contributed by atoms with E-state index >= 15 is 0 Å². The average Bonchev–Trinajstić information content (AvgIpc) is 2.04. The summed E-state index contributed by atoms with van der Waals surface area (Å²) < 4.78 is 0. The van der Waals surface area contributed by atoms with Gasteiger partial charge in [0.1, 0.15) is 0 Å². The number of rotatable bonds is 2. The molecule has 13 heavy (non-hydrogen) atoms. The first-order valence-corrected chi connectivity index (χ1v) is 4.52. The van der Waals surface area contributed by atoms with Gasteiger partial charge in [-0.25, -0.2) is 0 Å². The Labute approximate surface area is 79.7 Å². The largest absolute Gasteiger partial charge is 0.389 e. The summed E-state index contributed by atoms with van der Waals surface area (Å²) in [6.07, 6.45) is 1.65. The fraction of sp³-hybridized carbons (Fsp3) is 0.333. The van der Waals surface area contributed by atoms with Crippen LogP contribution in [0.2, 0.25) is 0 Å². The minimum Gasteiger partial charge on any atom is -0.389 e. The number of aliphatic hydroxyl groups is 1. The molecule has 1 N–H and O–H groups in total. The molecule has 0 fully saturated rings. The van der Waals surface area contributed by atoms with Crippen molar-refractivity contribution in [2.45, 2.75) is 26.9 Å². The van der Waals surface area contributed by atoms with Gasteiger partial charge in [-0.1, -0.05) is 35.9 Å². The van der Waals surface area contributed by atoms with Crippen LogP contribution < -0.4 is 0 Å². The molecule has 0 unspecified atom stereocenters. The number of hydrogen-bond donors (Lipinski definition) is 1. The molecule has 0 amide bonds. The van der Waals surface area contributed by atoms with Crippen molar-refractivity contribution in [3.63, 3.8) is 0 Å². The zero-order chi connectivity index (χ0) is 9.84. The molecule has 1 heteroatoms. The topological polar surface area (TPSA) is 20.2 Å². The van der Waals surface area contributed by atoms with Crippen LogP contribution in [0.25, 0.3) is 6.08 Å². The van der Waals surface area contributed by atoms with Crippen LogP contribution in [0.15, 0.2) is 29.8 Å². The van der Waals surface area contributed by atoms with Crippen LogP contribution in [0, 0.1) is 6.92 Å². The normalized spacial score (nSPS) is 14.3. The van der Waals surface area contributed by atoms with Crippen molar-refractivity contribution in [3.05, 3.63) is 41.0 Å². The van der Waals surface area contributed by atoms with Gasteiger partial charge >= 0.3 is 0 Å². The Morgan fingerprint density at radius 1 is 1.46 bits per heavy atom. The lowest BCUT2D eigenvalue weighted by Crippen LogP contribution is -2.00. The quantitative estimate of drug-likeness (QED) is 0.734. The van der Waals surface area contributed by atoms with E-state index in [9.17, 15) is 5.11 Å². The zero-order valence-corrected chi connectivity index (χ0v) is 8.41. The van der Waals surface area contributed by atoms with E-state index in [1.807, 2.05) is 25.1 Å². The second kappa shape index (κ2) is 4.24. The molecule has 0 heterocycles. The van der Waals surface area contributed by atoms with Crippen molar-refractivity contribution in [3.8, 4) is 0 Å². The zero-order valence-electron chi connectivity index (χ0n) is 8.41. The molecule has 0 aliphatic carbocycles. The highest BCUT2D eigenvalue weighted by molar-refractivity contribution is 5.53. The van der Waals surface area contributed by atoms with Gasteiger partial charge in [-0.05, 0) is 31.9 Å². The van der Waals surface area contributed by atoms with Crippen molar-refractivity contribution < 1.29 is 5.11 Å². The predicted molar refractivity (Wildman–Crippen MR) is 56.5 cm³/mol. The van der Waals surface area contributed by atoms with E-state index in [0.29, 0.717) is 0 Å². The smallest absolute Gasteiger partial charge is 0.0722 e. The highest BCUT2D eigenvalue weighted by Crippen LogP contribution is 2.10. The minimum absolute atomic E-state index is 0.361. The summed E-state index contributed by atoms with van der Waals surface area (Å²) in [5.74, 6) is 0. The first kappa shape index (κ1) is 10.0. The molecule has 0 aromatic heterocycles. The van der Waals surface area contributed by atoms with Crippen molar-refractivity contribution in [2.24, 2.45) is 0 Å². The molecule has 0 radical (unpaired) electrons. The molecule has 1 atom stereocenters. The summed E-state index contributed by atoms with van der Waals surface area (Å²) in [6.45, 7) is 5.78. The summed E-state index contributed by atoms with van der Waals surface area (Å²) in [7, 11) is 0. The van der Waals surface area contributed by atoms with Crippen molar-refractivity contribution in [1.82, 2.24) is 0 Å². The Bertz CT molecular complexity index is 311. The molecule has 0 saturated heterocycles. The van der Waals surface area contributed by atoms with E-state index in [4.69, 9.17) is 0 Å². The number of aliphatic hydroxyl groups excluding tert-OH is 1. The van der Waals surface area contributed by atoms with Crippen LogP contribution in [0.3, 0.4) is 0 Å². The molecule has 1 aromatic rings. The highest BCUT2D eigenvalue weighted by Gasteiger charge is 1.97. The Morgan fingerprint density at radius 3 is 2.69 bits per heavy atom. The first-order valence-electron chi connectivity index (χ1n) is 4.52. The van der Waals surface area contributed by atoms with Crippen LogP contribution in [0.4, 0.5) is 0 Å². The molecule has 0 saturated carbocycles. The Morgan fingerprint density at radius 2 is 2.15 bits per heavy atom. The molecular weight excluding hydrogens is 160 g/mol. The van der Waals surface area contributed by atoms with Crippen LogP contribution >= 0.6 is 0 Å². The first-order chi connectivity index (χ1) is 6.09. The monoisotopic (exact) mass is 176 g/mol. The summed E-state index contributed by atoms with van der Waals surface area (Å²) in [5.41, 5.74) is 3.39. The third-order valence-electron chi connectivity index (χ3n) is 2.10. The third kappa shape index (κ3) is 3.03. The number of aryl methyl sites for hydroxylation is 1. The van der Waals surface area contributed by atoms with Gasteiger partial charge in [0.05, 0.1) is 6.10 Å². The van der Waals surface area contributed by atoms with Crippen molar-refractivity contribution in [1.29, 1.82) is 0 Å². The maximum Gasteiger partial charge on any atom is 0.0722 e. The minimum atomic E-state index is -0.361. The Kier molecular flexibility index (Phi) is 3.26. The van der Waals surface area contributed by atoms with E-state index in [0.717, 1.165) is 11.1 Å². The standard InChI is InChI=1S/C12H16O/c1-9-5-4-6-12(7-9)8-10(2)11(3)13/h4-8,11,13H,1-3H3/b10-8+/t11-/m0/s1. The Hall–Kier alpha value is -1.08. The van der Waals surface area contributed by atoms with Crippen molar-refractivity contribution in [2.75, 3.05) is 0 Å². The molecule has 0 aliphatic rings. The molecule has 0 bridgehead atoms. The lowest BCUT2D eigenvalue weighted by atomic mass is 10.1. The van der Waals surface area contributed by atoms with E-state index in [1.165, 1.54) is 5.56 Å². The van der Waals surface area contributed by atoms with Crippen molar-refractivity contribution >= 4 is 6.08 Å². The van der Waals surface area contributed by atoms with Crippen LogP contribution in [0.5, 0.6) is 0 Å². The highest BCUT2D eigenvalue weighted by atomic mass is 16.3. The van der Waals surface area contributed by atoms with E-state index < -0.39 is 0 Å². The molecular formula is C12H16O. The van der Waals surface area contributed by atoms with E-state index in [-0.39, 0.29) is 6.10 Å². The van der Waals surface area contributed by atoms with Gasteiger partial charge in [-0.2, -0.15) is 0 Å². The van der Waals surface area contributed by atoms with Crippen LogP contribution in [0.1, 0.15) is 25.0 Å². The summed E-state index contributed by atoms with van der Waals surface area (Å²) in [6, 6.07) is 8.23. The molecule has 70 valence electrons. The molecule has 1 aromatic carbocycles.